The fourth-order valence-electron chi connectivity index (χ4n) is 3.81. The molecule has 11 heteroatoms. The summed E-state index contributed by atoms with van der Waals surface area (Å²) in [7, 11) is -7.40. The quantitative estimate of drug-likeness (QED) is 0.553. The van der Waals surface area contributed by atoms with Crippen LogP contribution in [-0.2, 0) is 24.8 Å². The van der Waals surface area contributed by atoms with Crippen molar-refractivity contribution in [2.24, 2.45) is 0 Å². The van der Waals surface area contributed by atoms with E-state index in [4.69, 9.17) is 4.74 Å². The lowest BCUT2D eigenvalue weighted by Crippen LogP contribution is -2.56. The number of ether oxygens (including phenoxy) is 1. The van der Waals surface area contributed by atoms with Gasteiger partial charge in [-0.3, -0.25) is 9.10 Å². The Balaban J connectivity index is 1.73. The number of rotatable bonds is 8. The molecule has 0 aromatic heterocycles. The van der Waals surface area contributed by atoms with Gasteiger partial charge in [-0.1, -0.05) is 18.2 Å². The van der Waals surface area contributed by atoms with Crippen LogP contribution in [0.4, 0.5) is 5.69 Å². The van der Waals surface area contributed by atoms with E-state index in [1.807, 2.05) is 6.92 Å². The maximum Gasteiger partial charge on any atom is 0.246 e. The standard InChI is InChI=1S/C22H29N3O6S2/c1-4-31-20-12-10-19(11-13-20)25(32(3,27)28)18(2)22(26)23-14-16-24(17-15-23)33(29,30)21-8-6-5-7-9-21/h5-13,18H,4,14-17H2,1-3H3/t18-/m0/s1. The number of hydrogen-bond donors (Lipinski definition) is 0. The van der Waals surface area contributed by atoms with Crippen molar-refractivity contribution in [3.8, 4) is 5.75 Å². The van der Waals surface area contributed by atoms with Crippen molar-refractivity contribution in [2.75, 3.05) is 43.3 Å². The summed E-state index contributed by atoms with van der Waals surface area (Å²) in [6, 6.07) is 13.7. The van der Waals surface area contributed by atoms with Crippen molar-refractivity contribution in [2.45, 2.75) is 24.8 Å². The summed E-state index contributed by atoms with van der Waals surface area (Å²) in [4.78, 5) is 14.9. The number of carbonyl (C=O) groups excluding carboxylic acids is 1. The lowest BCUT2D eigenvalue weighted by Gasteiger charge is -2.37. The van der Waals surface area contributed by atoms with E-state index >= 15 is 0 Å². The van der Waals surface area contributed by atoms with Gasteiger partial charge >= 0.3 is 0 Å². The van der Waals surface area contributed by atoms with Crippen LogP contribution in [0.15, 0.2) is 59.5 Å². The smallest absolute Gasteiger partial charge is 0.246 e. The lowest BCUT2D eigenvalue weighted by atomic mass is 10.2. The van der Waals surface area contributed by atoms with E-state index in [1.165, 1.54) is 28.3 Å². The highest BCUT2D eigenvalue weighted by molar-refractivity contribution is 7.92. The Labute approximate surface area is 195 Å². The topological polar surface area (TPSA) is 104 Å². The molecule has 0 N–H and O–H groups in total. The summed E-state index contributed by atoms with van der Waals surface area (Å²) in [5, 5.41) is 0. The van der Waals surface area contributed by atoms with Crippen LogP contribution in [0.25, 0.3) is 0 Å². The number of sulfonamides is 2. The van der Waals surface area contributed by atoms with Gasteiger partial charge in [-0.2, -0.15) is 4.31 Å². The zero-order chi connectivity index (χ0) is 24.2. The Kier molecular flexibility index (Phi) is 7.65. The molecule has 1 aliphatic rings. The van der Waals surface area contributed by atoms with Crippen LogP contribution < -0.4 is 9.04 Å². The highest BCUT2D eigenvalue weighted by Crippen LogP contribution is 2.25. The van der Waals surface area contributed by atoms with E-state index in [2.05, 4.69) is 0 Å². The van der Waals surface area contributed by atoms with Crippen LogP contribution in [0.1, 0.15) is 13.8 Å². The molecule has 2 aromatic carbocycles. The minimum Gasteiger partial charge on any atom is -0.494 e. The zero-order valence-electron chi connectivity index (χ0n) is 18.9. The molecular weight excluding hydrogens is 466 g/mol. The molecule has 0 radical (unpaired) electrons. The molecule has 1 heterocycles. The van der Waals surface area contributed by atoms with Crippen LogP contribution in [0.3, 0.4) is 0 Å². The first-order valence-corrected chi connectivity index (χ1v) is 13.9. The fourth-order valence-corrected chi connectivity index (χ4v) is 6.43. The zero-order valence-corrected chi connectivity index (χ0v) is 20.5. The maximum atomic E-state index is 13.2. The second-order valence-corrected chi connectivity index (χ2v) is 11.5. The van der Waals surface area contributed by atoms with Gasteiger partial charge in [0.25, 0.3) is 0 Å². The van der Waals surface area contributed by atoms with Gasteiger partial charge in [-0.25, -0.2) is 16.8 Å². The molecule has 2 aromatic rings. The van der Waals surface area contributed by atoms with Gasteiger partial charge < -0.3 is 9.64 Å². The predicted octanol–water partition coefficient (Wildman–Crippen LogP) is 1.77. The van der Waals surface area contributed by atoms with Crippen molar-refractivity contribution < 1.29 is 26.4 Å². The number of piperazine rings is 1. The summed E-state index contributed by atoms with van der Waals surface area (Å²) in [5.74, 6) is 0.218. The number of carbonyl (C=O) groups is 1. The predicted molar refractivity (Wildman–Crippen MR) is 126 cm³/mol. The molecule has 0 bridgehead atoms. The van der Waals surface area contributed by atoms with Gasteiger partial charge in [0.15, 0.2) is 0 Å². The maximum absolute atomic E-state index is 13.2. The number of anilines is 1. The van der Waals surface area contributed by atoms with Gasteiger partial charge in [0, 0.05) is 26.2 Å². The minimum absolute atomic E-state index is 0.137. The van der Waals surface area contributed by atoms with Crippen molar-refractivity contribution in [1.29, 1.82) is 0 Å². The van der Waals surface area contributed by atoms with Crippen LogP contribution in [0.5, 0.6) is 5.75 Å². The molecule has 9 nitrogen and oxygen atoms in total. The summed E-state index contributed by atoms with van der Waals surface area (Å²) in [5.41, 5.74) is 0.354. The van der Waals surface area contributed by atoms with Crippen LogP contribution in [-0.4, -0.2) is 77.0 Å². The first-order valence-electron chi connectivity index (χ1n) is 10.6. The SMILES string of the molecule is CCOc1ccc(N([C@@H](C)C(=O)N2CCN(S(=O)(=O)c3ccccc3)CC2)S(C)(=O)=O)cc1. The normalized spacial score (nSPS) is 16.3. The van der Waals surface area contributed by atoms with Crippen molar-refractivity contribution in [1.82, 2.24) is 9.21 Å². The fraction of sp³-hybridized carbons (Fsp3) is 0.409. The molecule has 1 atom stereocenters. The van der Waals surface area contributed by atoms with Gasteiger partial charge in [0.2, 0.25) is 26.0 Å². The van der Waals surface area contributed by atoms with E-state index in [0.29, 0.717) is 18.0 Å². The lowest BCUT2D eigenvalue weighted by molar-refractivity contribution is -0.133. The van der Waals surface area contributed by atoms with E-state index in [9.17, 15) is 21.6 Å². The Morgan fingerprint density at radius 2 is 1.55 bits per heavy atom. The summed E-state index contributed by atoms with van der Waals surface area (Å²) < 4.78 is 58.6. The van der Waals surface area contributed by atoms with Gasteiger partial charge in [-0.15, -0.1) is 0 Å². The monoisotopic (exact) mass is 495 g/mol. The van der Waals surface area contributed by atoms with Gasteiger partial charge in [-0.05, 0) is 50.2 Å². The first-order chi connectivity index (χ1) is 15.6. The van der Waals surface area contributed by atoms with Crippen molar-refractivity contribution >= 4 is 31.6 Å². The molecule has 0 saturated carbocycles. The molecule has 1 aliphatic heterocycles. The summed E-state index contributed by atoms with van der Waals surface area (Å²) >= 11 is 0. The third-order valence-electron chi connectivity index (χ3n) is 5.40. The average molecular weight is 496 g/mol. The highest BCUT2D eigenvalue weighted by atomic mass is 32.2. The van der Waals surface area contributed by atoms with E-state index in [1.54, 1.807) is 42.5 Å². The van der Waals surface area contributed by atoms with Crippen molar-refractivity contribution in [3.05, 3.63) is 54.6 Å². The van der Waals surface area contributed by atoms with E-state index in [0.717, 1.165) is 10.6 Å². The Hall–Kier alpha value is -2.63. The Bertz CT molecular complexity index is 1160. The third kappa shape index (κ3) is 5.66. The molecule has 0 aliphatic carbocycles. The molecular formula is C22H29N3O6S2. The summed E-state index contributed by atoms with van der Waals surface area (Å²) in [6.07, 6.45) is 1.05. The highest BCUT2D eigenvalue weighted by Gasteiger charge is 2.35. The molecule has 0 spiro atoms. The van der Waals surface area contributed by atoms with E-state index in [-0.39, 0.29) is 37.0 Å². The first kappa shape index (κ1) is 25.0. The van der Waals surface area contributed by atoms with Crippen LogP contribution in [0, 0.1) is 0 Å². The molecule has 1 amide bonds. The molecule has 0 unspecified atom stereocenters. The summed E-state index contributed by atoms with van der Waals surface area (Å²) in [6.45, 7) is 4.49. The van der Waals surface area contributed by atoms with Crippen LogP contribution in [0.2, 0.25) is 0 Å². The molecule has 1 saturated heterocycles. The third-order valence-corrected chi connectivity index (χ3v) is 8.55. The van der Waals surface area contributed by atoms with E-state index < -0.39 is 26.1 Å². The average Bonchev–Trinajstić information content (AvgIpc) is 2.80. The molecule has 180 valence electrons. The molecule has 3 rings (SSSR count). The van der Waals surface area contributed by atoms with Gasteiger partial charge in [0.05, 0.1) is 23.4 Å². The van der Waals surface area contributed by atoms with Crippen LogP contribution >= 0.6 is 0 Å². The number of nitrogens with zero attached hydrogens (tertiary/aromatic N) is 3. The minimum atomic E-state index is -3.76. The number of hydrogen-bond acceptors (Lipinski definition) is 6. The number of amides is 1. The largest absolute Gasteiger partial charge is 0.494 e. The second kappa shape index (κ2) is 10.1. The Morgan fingerprint density at radius 3 is 2.06 bits per heavy atom. The second-order valence-electron chi connectivity index (χ2n) is 7.70. The molecule has 33 heavy (non-hydrogen) atoms. The van der Waals surface area contributed by atoms with Gasteiger partial charge in [0.1, 0.15) is 11.8 Å². The Morgan fingerprint density at radius 1 is 0.970 bits per heavy atom. The van der Waals surface area contributed by atoms with Crippen molar-refractivity contribution in [3.63, 3.8) is 0 Å². The molecule has 1 fully saturated rings. The number of benzene rings is 2.